The van der Waals surface area contributed by atoms with Gasteiger partial charge in [-0.2, -0.15) is 0 Å². The summed E-state index contributed by atoms with van der Waals surface area (Å²) in [6.07, 6.45) is 1.71. The summed E-state index contributed by atoms with van der Waals surface area (Å²) in [6, 6.07) is 11.0. The highest BCUT2D eigenvalue weighted by atomic mass is 35.5. The van der Waals surface area contributed by atoms with Crippen LogP contribution >= 0.6 is 11.6 Å². The van der Waals surface area contributed by atoms with E-state index < -0.39 is 0 Å². The standard InChI is InChI=1S/C13H10ClN5/c14-9-1-2-10-8(7-9)5-6-16-13(10)17-12-4-3-11(15)18-19-12/h1-7H,(H2,15,18)(H,16,17,19). The summed E-state index contributed by atoms with van der Waals surface area (Å²) in [5, 5.41) is 13.5. The fourth-order valence-electron chi connectivity index (χ4n) is 1.78. The van der Waals surface area contributed by atoms with Crippen LogP contribution in [0.25, 0.3) is 10.8 Å². The Balaban J connectivity index is 2.03. The summed E-state index contributed by atoms with van der Waals surface area (Å²) in [6.45, 7) is 0. The molecule has 0 bridgehead atoms. The van der Waals surface area contributed by atoms with Crippen molar-refractivity contribution in [3.8, 4) is 0 Å². The first-order chi connectivity index (χ1) is 9.22. The molecular weight excluding hydrogens is 262 g/mol. The molecule has 0 atom stereocenters. The predicted octanol–water partition coefficient (Wildman–Crippen LogP) is 3.00. The van der Waals surface area contributed by atoms with Crippen LogP contribution in [0.1, 0.15) is 0 Å². The number of hydrogen-bond donors (Lipinski definition) is 2. The number of fused-ring (bicyclic) bond motifs is 1. The molecule has 2 heterocycles. The number of rotatable bonds is 2. The van der Waals surface area contributed by atoms with Crippen molar-refractivity contribution in [2.24, 2.45) is 0 Å². The number of pyridine rings is 1. The molecule has 5 nitrogen and oxygen atoms in total. The Bertz CT molecular complexity index is 727. The molecule has 0 saturated carbocycles. The van der Waals surface area contributed by atoms with Gasteiger partial charge in [-0.3, -0.25) is 0 Å². The molecule has 1 aromatic carbocycles. The Labute approximate surface area is 114 Å². The van der Waals surface area contributed by atoms with Crippen LogP contribution in [0.15, 0.2) is 42.6 Å². The van der Waals surface area contributed by atoms with Crippen LogP contribution in [-0.2, 0) is 0 Å². The minimum Gasteiger partial charge on any atom is -0.382 e. The lowest BCUT2D eigenvalue weighted by molar-refractivity contribution is 1.04. The maximum atomic E-state index is 5.97. The van der Waals surface area contributed by atoms with Gasteiger partial charge in [-0.1, -0.05) is 11.6 Å². The van der Waals surface area contributed by atoms with Crippen LogP contribution in [0, 0.1) is 0 Å². The zero-order valence-electron chi connectivity index (χ0n) is 9.84. The van der Waals surface area contributed by atoms with Gasteiger partial charge in [0.05, 0.1) is 0 Å². The van der Waals surface area contributed by atoms with Crippen molar-refractivity contribution in [1.29, 1.82) is 0 Å². The van der Waals surface area contributed by atoms with E-state index in [4.69, 9.17) is 17.3 Å². The first kappa shape index (κ1) is 11.7. The van der Waals surface area contributed by atoms with Crippen LogP contribution in [-0.4, -0.2) is 15.2 Å². The molecule has 3 N–H and O–H groups in total. The highest BCUT2D eigenvalue weighted by Gasteiger charge is 2.04. The molecule has 0 unspecified atom stereocenters. The van der Waals surface area contributed by atoms with Crippen molar-refractivity contribution in [1.82, 2.24) is 15.2 Å². The van der Waals surface area contributed by atoms with E-state index in [-0.39, 0.29) is 0 Å². The molecule has 0 saturated heterocycles. The third kappa shape index (κ3) is 2.41. The van der Waals surface area contributed by atoms with Crippen LogP contribution in [0.2, 0.25) is 5.02 Å². The van der Waals surface area contributed by atoms with E-state index in [2.05, 4.69) is 20.5 Å². The molecule has 94 valence electrons. The van der Waals surface area contributed by atoms with E-state index in [9.17, 15) is 0 Å². The quantitative estimate of drug-likeness (QED) is 0.749. The van der Waals surface area contributed by atoms with E-state index >= 15 is 0 Å². The molecule has 0 aliphatic rings. The summed E-state index contributed by atoms with van der Waals surface area (Å²) in [5.41, 5.74) is 5.50. The number of hydrogen-bond acceptors (Lipinski definition) is 5. The molecule has 3 rings (SSSR count). The number of nitrogens with zero attached hydrogens (tertiary/aromatic N) is 3. The van der Waals surface area contributed by atoms with Gasteiger partial charge in [0.1, 0.15) is 11.6 Å². The van der Waals surface area contributed by atoms with Gasteiger partial charge >= 0.3 is 0 Å². The second kappa shape index (κ2) is 4.70. The molecular formula is C13H10ClN5. The Morgan fingerprint density at radius 3 is 2.74 bits per heavy atom. The van der Waals surface area contributed by atoms with Gasteiger partial charge in [0.2, 0.25) is 0 Å². The molecule has 0 spiro atoms. The number of halogens is 1. The van der Waals surface area contributed by atoms with Crippen molar-refractivity contribution in [2.45, 2.75) is 0 Å². The summed E-state index contributed by atoms with van der Waals surface area (Å²) < 4.78 is 0. The van der Waals surface area contributed by atoms with Crippen molar-refractivity contribution in [3.05, 3.63) is 47.6 Å². The third-order valence-electron chi connectivity index (χ3n) is 2.66. The van der Waals surface area contributed by atoms with Crippen molar-refractivity contribution >= 4 is 39.8 Å². The Kier molecular flexibility index (Phi) is 2.89. The molecule has 6 heteroatoms. The molecule has 2 aromatic heterocycles. The highest BCUT2D eigenvalue weighted by Crippen LogP contribution is 2.25. The Hall–Kier alpha value is -2.40. The highest BCUT2D eigenvalue weighted by molar-refractivity contribution is 6.31. The third-order valence-corrected chi connectivity index (χ3v) is 2.89. The van der Waals surface area contributed by atoms with Crippen LogP contribution in [0.3, 0.4) is 0 Å². The first-order valence-electron chi connectivity index (χ1n) is 5.63. The topological polar surface area (TPSA) is 76.7 Å². The van der Waals surface area contributed by atoms with Gasteiger partial charge in [0.15, 0.2) is 5.82 Å². The number of nitrogen functional groups attached to an aromatic ring is 1. The summed E-state index contributed by atoms with van der Waals surface area (Å²) in [5.74, 6) is 1.67. The van der Waals surface area contributed by atoms with E-state index in [1.165, 1.54) is 0 Å². The minimum atomic E-state index is 0.378. The zero-order chi connectivity index (χ0) is 13.2. The van der Waals surface area contributed by atoms with Gasteiger partial charge in [-0.05, 0) is 41.8 Å². The monoisotopic (exact) mass is 271 g/mol. The maximum absolute atomic E-state index is 5.97. The van der Waals surface area contributed by atoms with Gasteiger partial charge < -0.3 is 11.1 Å². The average molecular weight is 272 g/mol. The lowest BCUT2D eigenvalue weighted by atomic mass is 10.1. The van der Waals surface area contributed by atoms with Gasteiger partial charge in [0.25, 0.3) is 0 Å². The van der Waals surface area contributed by atoms with Crippen LogP contribution in [0.5, 0.6) is 0 Å². The van der Waals surface area contributed by atoms with E-state index in [0.29, 0.717) is 22.5 Å². The van der Waals surface area contributed by atoms with Crippen LogP contribution < -0.4 is 11.1 Å². The lowest BCUT2D eigenvalue weighted by Crippen LogP contribution is -1.99. The van der Waals surface area contributed by atoms with E-state index in [0.717, 1.165) is 10.8 Å². The van der Waals surface area contributed by atoms with E-state index in [1.807, 2.05) is 24.3 Å². The maximum Gasteiger partial charge on any atom is 0.154 e. The predicted molar refractivity (Wildman–Crippen MR) is 76.5 cm³/mol. The Morgan fingerprint density at radius 2 is 1.95 bits per heavy atom. The molecule has 0 amide bonds. The lowest BCUT2D eigenvalue weighted by Gasteiger charge is -2.07. The SMILES string of the molecule is Nc1ccc(Nc2nccc3cc(Cl)ccc23)nn1. The summed E-state index contributed by atoms with van der Waals surface area (Å²) >= 11 is 5.97. The van der Waals surface area contributed by atoms with Crippen molar-refractivity contribution in [2.75, 3.05) is 11.1 Å². The largest absolute Gasteiger partial charge is 0.382 e. The van der Waals surface area contributed by atoms with Gasteiger partial charge in [0, 0.05) is 16.6 Å². The minimum absolute atomic E-state index is 0.378. The number of nitrogens with two attached hydrogens (primary N) is 1. The molecule has 3 aromatic rings. The van der Waals surface area contributed by atoms with E-state index in [1.54, 1.807) is 18.3 Å². The van der Waals surface area contributed by atoms with Gasteiger partial charge in [-0.15, -0.1) is 10.2 Å². The average Bonchev–Trinajstić information content (AvgIpc) is 2.41. The van der Waals surface area contributed by atoms with Crippen LogP contribution in [0.4, 0.5) is 17.5 Å². The fourth-order valence-corrected chi connectivity index (χ4v) is 1.96. The Morgan fingerprint density at radius 1 is 1.05 bits per heavy atom. The van der Waals surface area contributed by atoms with Crippen molar-refractivity contribution in [3.63, 3.8) is 0 Å². The number of benzene rings is 1. The summed E-state index contributed by atoms with van der Waals surface area (Å²) in [4.78, 5) is 4.30. The zero-order valence-corrected chi connectivity index (χ0v) is 10.6. The second-order valence-electron chi connectivity index (χ2n) is 3.99. The molecule has 19 heavy (non-hydrogen) atoms. The van der Waals surface area contributed by atoms with Crippen molar-refractivity contribution < 1.29 is 0 Å². The molecule has 0 aliphatic heterocycles. The number of nitrogens with one attached hydrogen (secondary N) is 1. The number of anilines is 3. The second-order valence-corrected chi connectivity index (χ2v) is 4.43. The normalized spacial score (nSPS) is 10.6. The molecule has 0 aliphatic carbocycles. The fraction of sp³-hybridized carbons (Fsp3) is 0. The smallest absolute Gasteiger partial charge is 0.154 e. The van der Waals surface area contributed by atoms with Gasteiger partial charge in [-0.25, -0.2) is 4.98 Å². The molecule has 0 fully saturated rings. The summed E-state index contributed by atoms with van der Waals surface area (Å²) in [7, 11) is 0. The number of aromatic nitrogens is 3. The first-order valence-corrected chi connectivity index (χ1v) is 6.01. The molecule has 0 radical (unpaired) electrons.